The fourth-order valence-corrected chi connectivity index (χ4v) is 5.61. The Balaban J connectivity index is 1.22. The van der Waals surface area contributed by atoms with Crippen molar-refractivity contribution in [2.75, 3.05) is 30.4 Å². The van der Waals surface area contributed by atoms with Gasteiger partial charge in [0.1, 0.15) is 0 Å². The molecule has 10 heteroatoms. The first kappa shape index (κ1) is 27.1. The molecule has 2 heterocycles. The maximum atomic E-state index is 13.0. The number of alkyl halides is 3. The number of carbonyl (C=O) groups excluding carboxylic acids is 1. The highest BCUT2D eigenvalue weighted by Crippen LogP contribution is 2.32. The number of anilines is 2. The summed E-state index contributed by atoms with van der Waals surface area (Å²) in [6, 6.07) is 13.7. The molecule has 2 aromatic carbocycles. The molecule has 2 aliphatic rings. The van der Waals surface area contributed by atoms with Gasteiger partial charge < -0.3 is 25.3 Å². The van der Waals surface area contributed by atoms with Crippen LogP contribution in [0.1, 0.15) is 54.4 Å². The summed E-state index contributed by atoms with van der Waals surface area (Å²) < 4.78 is 44.9. The van der Waals surface area contributed by atoms with E-state index in [1.807, 2.05) is 12.1 Å². The van der Waals surface area contributed by atoms with E-state index >= 15 is 0 Å². The lowest BCUT2D eigenvalue weighted by Gasteiger charge is -2.40. The lowest BCUT2D eigenvalue weighted by atomic mass is 9.89. The zero-order valence-electron chi connectivity index (χ0n) is 21.9. The Bertz CT molecular complexity index is 1260. The van der Waals surface area contributed by atoms with E-state index in [1.165, 1.54) is 0 Å². The van der Waals surface area contributed by atoms with Gasteiger partial charge in [0.15, 0.2) is 5.76 Å². The number of piperidine rings is 1. The van der Waals surface area contributed by atoms with Crippen LogP contribution in [0, 0.1) is 0 Å². The molecule has 1 amide bonds. The van der Waals surface area contributed by atoms with Crippen LogP contribution in [0.4, 0.5) is 24.9 Å². The number of nitrogens with zero attached hydrogens (tertiary/aromatic N) is 2. The van der Waals surface area contributed by atoms with Crippen LogP contribution < -0.4 is 20.9 Å². The van der Waals surface area contributed by atoms with Gasteiger partial charge >= 0.3 is 6.18 Å². The van der Waals surface area contributed by atoms with Crippen molar-refractivity contribution in [2.24, 2.45) is 0 Å². The Kier molecular flexibility index (Phi) is 8.11. The number of oxazole rings is 1. The first-order chi connectivity index (χ1) is 18.8. The molecule has 0 bridgehead atoms. The number of nitrogens with one attached hydrogen (secondary N) is 3. The van der Waals surface area contributed by atoms with Gasteiger partial charge in [0.25, 0.3) is 11.9 Å². The van der Waals surface area contributed by atoms with E-state index in [1.54, 1.807) is 37.5 Å². The molecule has 208 valence electrons. The molecule has 1 saturated heterocycles. The summed E-state index contributed by atoms with van der Waals surface area (Å²) in [6.07, 6.45) is 3.58. The predicted octanol–water partition coefficient (Wildman–Crippen LogP) is 5.70. The topological polar surface area (TPSA) is 82.4 Å². The van der Waals surface area contributed by atoms with Gasteiger partial charge in [-0.05, 0) is 62.1 Å². The molecule has 1 aliphatic heterocycles. The molecule has 2 fully saturated rings. The Morgan fingerprint density at radius 1 is 1.03 bits per heavy atom. The number of aromatic nitrogens is 1. The molecule has 7 nitrogen and oxygen atoms in total. The van der Waals surface area contributed by atoms with Crippen LogP contribution in [-0.2, 0) is 6.18 Å². The summed E-state index contributed by atoms with van der Waals surface area (Å²) in [7, 11) is 1.60. The van der Waals surface area contributed by atoms with Crippen LogP contribution in [0.3, 0.4) is 0 Å². The first-order valence-corrected chi connectivity index (χ1v) is 13.5. The fourth-order valence-electron chi connectivity index (χ4n) is 5.61. The maximum absolute atomic E-state index is 13.0. The molecule has 0 radical (unpaired) electrons. The van der Waals surface area contributed by atoms with Crippen molar-refractivity contribution in [1.29, 1.82) is 0 Å². The summed E-state index contributed by atoms with van der Waals surface area (Å²) in [6.45, 7) is 1.58. The highest BCUT2D eigenvalue weighted by Gasteiger charge is 2.32. The quantitative estimate of drug-likeness (QED) is 0.356. The first-order valence-electron chi connectivity index (χ1n) is 13.5. The predicted molar refractivity (Wildman–Crippen MR) is 145 cm³/mol. The van der Waals surface area contributed by atoms with Gasteiger partial charge in [-0.2, -0.15) is 13.2 Å². The molecule has 0 spiro atoms. The minimum atomic E-state index is -4.33. The molecular formula is C29H34F3N5O2. The number of benzene rings is 2. The highest BCUT2D eigenvalue weighted by molar-refractivity contribution is 5.95. The molecular weight excluding hydrogens is 507 g/mol. The number of amides is 1. The van der Waals surface area contributed by atoms with Crippen molar-refractivity contribution in [1.82, 2.24) is 15.6 Å². The monoisotopic (exact) mass is 541 g/mol. The number of rotatable bonds is 7. The molecule has 1 saturated carbocycles. The SMILES string of the molecule is CNC(=O)c1cccc(-c2cnc(NC3CCCC[C@H]3N[C@H]3CCCN(c4ccc(C(F)(F)F)cc4)C3)o2)c1. The Hall–Kier alpha value is -3.53. The molecule has 3 atom stereocenters. The van der Waals surface area contributed by atoms with Crippen LogP contribution >= 0.6 is 0 Å². The van der Waals surface area contributed by atoms with Crippen LogP contribution in [0.5, 0.6) is 0 Å². The van der Waals surface area contributed by atoms with Gasteiger partial charge in [0.05, 0.1) is 11.8 Å². The van der Waals surface area contributed by atoms with E-state index in [2.05, 4.69) is 25.8 Å². The fraction of sp³-hybridized carbons (Fsp3) is 0.448. The minimum absolute atomic E-state index is 0.142. The van der Waals surface area contributed by atoms with Gasteiger partial charge in [-0.15, -0.1) is 0 Å². The zero-order chi connectivity index (χ0) is 27.4. The van der Waals surface area contributed by atoms with Crippen molar-refractivity contribution in [2.45, 2.75) is 62.8 Å². The summed E-state index contributed by atoms with van der Waals surface area (Å²) in [4.78, 5) is 18.6. The normalized spacial score (nSPS) is 21.9. The van der Waals surface area contributed by atoms with Crippen molar-refractivity contribution in [3.05, 3.63) is 65.9 Å². The summed E-state index contributed by atoms with van der Waals surface area (Å²) in [5.41, 5.74) is 1.53. The molecule has 39 heavy (non-hydrogen) atoms. The number of hydrogen-bond acceptors (Lipinski definition) is 6. The second-order valence-electron chi connectivity index (χ2n) is 10.3. The third-order valence-electron chi connectivity index (χ3n) is 7.65. The number of hydrogen-bond donors (Lipinski definition) is 3. The molecule has 1 aromatic heterocycles. The van der Waals surface area contributed by atoms with Crippen molar-refractivity contribution >= 4 is 17.6 Å². The number of halogens is 3. The van der Waals surface area contributed by atoms with Gasteiger partial charge in [0.2, 0.25) is 0 Å². The van der Waals surface area contributed by atoms with Crippen molar-refractivity contribution < 1.29 is 22.4 Å². The molecule has 3 N–H and O–H groups in total. The summed E-state index contributed by atoms with van der Waals surface area (Å²) >= 11 is 0. The highest BCUT2D eigenvalue weighted by atomic mass is 19.4. The minimum Gasteiger partial charge on any atom is -0.424 e. The smallest absolute Gasteiger partial charge is 0.416 e. The summed E-state index contributed by atoms with van der Waals surface area (Å²) in [5, 5.41) is 9.94. The van der Waals surface area contributed by atoms with Crippen LogP contribution in [-0.4, -0.2) is 49.2 Å². The Morgan fingerprint density at radius 3 is 2.54 bits per heavy atom. The van der Waals surface area contributed by atoms with E-state index in [4.69, 9.17) is 4.42 Å². The second kappa shape index (κ2) is 11.7. The van der Waals surface area contributed by atoms with Gasteiger partial charge in [-0.1, -0.05) is 25.0 Å². The molecule has 1 aliphatic carbocycles. The van der Waals surface area contributed by atoms with Crippen molar-refractivity contribution in [3.63, 3.8) is 0 Å². The van der Waals surface area contributed by atoms with E-state index in [0.29, 0.717) is 17.3 Å². The largest absolute Gasteiger partial charge is 0.424 e. The third kappa shape index (κ3) is 6.55. The van der Waals surface area contributed by atoms with Crippen LogP contribution in [0.15, 0.2) is 59.1 Å². The van der Waals surface area contributed by atoms with Gasteiger partial charge in [0, 0.05) is 55.1 Å². The lowest BCUT2D eigenvalue weighted by molar-refractivity contribution is -0.137. The second-order valence-corrected chi connectivity index (χ2v) is 10.3. The lowest BCUT2D eigenvalue weighted by Crippen LogP contribution is -2.54. The standard InChI is InChI=1S/C29H34F3N5O2/c1-33-27(38)20-7-4-6-19(16-20)26-17-34-28(39-26)36-25-10-3-2-9-24(25)35-22-8-5-15-37(18-22)23-13-11-21(12-14-23)29(30,31)32/h4,6-7,11-14,16-17,22,24-25,35H,2-3,5,8-10,15,18H2,1H3,(H,33,38)(H,34,36)/t22-,24+,25?/m0/s1. The Morgan fingerprint density at radius 2 is 1.79 bits per heavy atom. The average Bonchev–Trinajstić information content (AvgIpc) is 3.42. The Labute approximate surface area is 226 Å². The van der Waals surface area contributed by atoms with Crippen LogP contribution in [0.2, 0.25) is 0 Å². The average molecular weight is 542 g/mol. The third-order valence-corrected chi connectivity index (χ3v) is 7.65. The maximum Gasteiger partial charge on any atom is 0.416 e. The van der Waals surface area contributed by atoms with Crippen molar-refractivity contribution in [3.8, 4) is 11.3 Å². The molecule has 3 aromatic rings. The van der Waals surface area contributed by atoms with E-state index in [0.717, 1.165) is 75.0 Å². The van der Waals surface area contributed by atoms with Crippen LogP contribution in [0.25, 0.3) is 11.3 Å². The van der Waals surface area contributed by atoms with E-state index < -0.39 is 11.7 Å². The molecule has 1 unspecified atom stereocenters. The van der Waals surface area contributed by atoms with E-state index in [-0.39, 0.29) is 24.0 Å². The van der Waals surface area contributed by atoms with Gasteiger partial charge in [-0.25, -0.2) is 4.98 Å². The number of carbonyl (C=O) groups is 1. The molecule has 5 rings (SSSR count). The zero-order valence-corrected chi connectivity index (χ0v) is 21.9. The van der Waals surface area contributed by atoms with E-state index in [9.17, 15) is 18.0 Å². The summed E-state index contributed by atoms with van der Waals surface area (Å²) in [5.74, 6) is 0.425. The van der Waals surface area contributed by atoms with Gasteiger partial charge in [-0.3, -0.25) is 4.79 Å².